The standard InChI is InChI=1S/C32H34N2O3.C28H27BrN2O3.C26H23BrN2O2.C25H28N2O3/c1-24(2)22-28-29(19-21-36-3)33-31(34(32(28)35)20-18-25-12-6-4-7-13-25)27-16-10-11-17-30(27)37-23-26-14-8-5-9-15-26;1-33-19-17-24-26(29)28(32)31(18-16-21-10-4-2-5-11-21)27(30-24)23-14-8-9-15-25(23)34-20-22-12-6-3-7-13-22;1-19-24(27)26(30)29(17-16-20-10-4-2-5-11-20)25(28-19)22-14-8-9-15-23(22)31-18-21-12-6-3-7-13-21;1-18(2)17-21-22(14-16-30-3)26-24(20-11-7-8-12-23(20)28)27(25(21)29)15-13-19-9-5-4-6-10-19/h4-17,22H,18-21,23H2,1-3H3;2-15H,16-20H2,1H3;2-15H,16-18H2,1H3;4-12,17,28H,13-16H2,1-3H3. The summed E-state index contributed by atoms with van der Waals surface area (Å²) < 4.78 is 42.3. The Morgan fingerprint density at radius 3 is 0.864 bits per heavy atom. The molecule has 4 aromatic heterocycles. The summed E-state index contributed by atoms with van der Waals surface area (Å²) in [5.74, 6) is 4.49. The van der Waals surface area contributed by atoms with E-state index in [1.165, 1.54) is 11.1 Å². The molecule has 1 N–H and O–H groups in total. The highest BCUT2D eigenvalue weighted by atomic mass is 79.9. The van der Waals surface area contributed by atoms with Crippen LogP contribution in [0.5, 0.6) is 23.0 Å². The van der Waals surface area contributed by atoms with Crippen LogP contribution in [0, 0.1) is 6.92 Å². The summed E-state index contributed by atoms with van der Waals surface area (Å²) in [7, 11) is 4.93. The Morgan fingerprint density at radius 2 is 0.553 bits per heavy atom. The maximum absolute atomic E-state index is 14.0. The number of allylic oxidation sites excluding steroid dienone is 2. The number of halogens is 2. The van der Waals surface area contributed by atoms with Crippen LogP contribution in [0.2, 0.25) is 0 Å². The maximum Gasteiger partial charge on any atom is 0.268 e. The molecule has 0 aliphatic carbocycles. The van der Waals surface area contributed by atoms with Crippen LogP contribution in [0.4, 0.5) is 0 Å². The Morgan fingerprint density at radius 1 is 0.303 bits per heavy atom. The number of methoxy groups -OCH3 is 3. The summed E-state index contributed by atoms with van der Waals surface area (Å²) in [6.45, 7) is 14.5. The van der Waals surface area contributed by atoms with E-state index < -0.39 is 0 Å². The number of para-hydroxylation sites is 4. The number of aryl methyl sites for hydroxylation is 5. The molecule has 676 valence electrons. The molecule has 11 aromatic carbocycles. The van der Waals surface area contributed by atoms with E-state index in [-0.39, 0.29) is 28.0 Å². The first-order chi connectivity index (χ1) is 64.4. The summed E-state index contributed by atoms with van der Waals surface area (Å²) in [4.78, 5) is 73.8. The molecule has 0 saturated heterocycles. The minimum Gasteiger partial charge on any atom is -0.507 e. The summed E-state index contributed by atoms with van der Waals surface area (Å²) in [5.41, 5.74) is 16.5. The van der Waals surface area contributed by atoms with Crippen molar-refractivity contribution in [2.45, 2.75) is 126 Å². The monoisotopic (exact) mass is 1890 g/mol. The normalized spacial score (nSPS) is 10.8. The summed E-state index contributed by atoms with van der Waals surface area (Å²) >= 11 is 6.91. The zero-order valence-corrected chi connectivity index (χ0v) is 79.2. The lowest BCUT2D eigenvalue weighted by molar-refractivity contribution is 0.201. The van der Waals surface area contributed by atoms with E-state index in [2.05, 4.69) is 68.3 Å². The van der Waals surface area contributed by atoms with Crippen molar-refractivity contribution in [2.75, 3.05) is 41.2 Å². The predicted molar refractivity (Wildman–Crippen MR) is 536 cm³/mol. The Kier molecular flexibility index (Phi) is 37.4. The minimum atomic E-state index is -0.107. The van der Waals surface area contributed by atoms with Crippen LogP contribution in [-0.4, -0.2) is 84.5 Å². The first-order valence-corrected chi connectivity index (χ1v) is 45.8. The predicted octanol–water partition coefficient (Wildman–Crippen LogP) is 22.3. The van der Waals surface area contributed by atoms with Gasteiger partial charge in [0.05, 0.1) is 76.0 Å². The first-order valence-electron chi connectivity index (χ1n) is 44.2. The van der Waals surface area contributed by atoms with Crippen molar-refractivity contribution >= 4 is 44.0 Å². The largest absolute Gasteiger partial charge is 0.507 e. The zero-order chi connectivity index (χ0) is 92.9. The fraction of sp³-hybridized carbons (Fsp3) is 0.225. The number of benzene rings is 11. The molecule has 4 heterocycles. The molecule has 19 nitrogen and oxygen atoms in total. The highest BCUT2D eigenvalue weighted by Crippen LogP contribution is 2.35. The minimum absolute atomic E-state index is 0.0499. The number of hydrogen-bond acceptors (Lipinski definition) is 15. The lowest BCUT2D eigenvalue weighted by atomic mass is 10.1. The third kappa shape index (κ3) is 27.5. The van der Waals surface area contributed by atoms with Crippen LogP contribution in [-0.2, 0) is 105 Å². The van der Waals surface area contributed by atoms with Gasteiger partial charge in [-0.3, -0.25) is 37.4 Å². The molecule has 132 heavy (non-hydrogen) atoms. The van der Waals surface area contributed by atoms with Gasteiger partial charge >= 0.3 is 0 Å². The van der Waals surface area contributed by atoms with E-state index in [0.29, 0.717) is 188 Å². The van der Waals surface area contributed by atoms with Gasteiger partial charge in [-0.2, -0.15) is 0 Å². The second-order valence-electron chi connectivity index (χ2n) is 31.9. The molecule has 0 bridgehead atoms. The van der Waals surface area contributed by atoms with Gasteiger partial charge in [0.1, 0.15) is 75.1 Å². The van der Waals surface area contributed by atoms with Crippen molar-refractivity contribution in [2.24, 2.45) is 0 Å². The van der Waals surface area contributed by atoms with E-state index in [0.717, 1.165) is 67.8 Å². The molecule has 15 aromatic rings. The van der Waals surface area contributed by atoms with Crippen LogP contribution in [0.1, 0.15) is 101 Å². The van der Waals surface area contributed by atoms with Crippen molar-refractivity contribution in [1.29, 1.82) is 0 Å². The van der Waals surface area contributed by atoms with Gasteiger partial charge in [-0.05, 0) is 192 Å². The molecule has 0 aliphatic rings. The average Bonchev–Trinajstić information content (AvgIpc) is 0.759. The molecular formula is C111H112Br2N8O11. The molecule has 21 heteroatoms. The smallest absolute Gasteiger partial charge is 0.268 e. The average molecular weight is 1890 g/mol. The Labute approximate surface area is 789 Å². The third-order valence-corrected chi connectivity index (χ3v) is 23.3. The lowest BCUT2D eigenvalue weighted by Crippen LogP contribution is -2.28. The molecule has 0 unspecified atom stereocenters. The molecule has 0 amide bonds. The Bertz CT molecular complexity index is 6550. The van der Waals surface area contributed by atoms with E-state index in [1.54, 1.807) is 57.8 Å². The fourth-order valence-corrected chi connectivity index (χ4v) is 15.6. The molecule has 0 atom stereocenters. The number of rotatable bonds is 36. The molecule has 15 rings (SSSR count). The number of hydrogen-bond donors (Lipinski definition) is 1. The highest BCUT2D eigenvalue weighted by molar-refractivity contribution is 9.10. The summed E-state index contributed by atoms with van der Waals surface area (Å²) in [6, 6.07) is 101. The van der Waals surface area contributed by atoms with E-state index in [9.17, 15) is 24.3 Å². The van der Waals surface area contributed by atoms with Gasteiger partial charge in [0.25, 0.3) is 22.2 Å². The highest BCUT2D eigenvalue weighted by Gasteiger charge is 2.25. The molecule has 0 fully saturated rings. The maximum atomic E-state index is 14.0. The molecule has 0 spiro atoms. The van der Waals surface area contributed by atoms with Crippen molar-refractivity contribution in [1.82, 2.24) is 38.2 Å². The second-order valence-corrected chi connectivity index (χ2v) is 33.5. The third-order valence-electron chi connectivity index (χ3n) is 21.6. The first kappa shape index (κ1) is 97.5. The van der Waals surface area contributed by atoms with E-state index >= 15 is 0 Å². The van der Waals surface area contributed by atoms with Crippen LogP contribution >= 0.6 is 31.9 Å². The Hall–Kier alpha value is -13.5. The van der Waals surface area contributed by atoms with Crippen molar-refractivity contribution < 1.29 is 33.5 Å². The quantitative estimate of drug-likeness (QED) is 0.0386. The van der Waals surface area contributed by atoms with Gasteiger partial charge in [-0.15, -0.1) is 0 Å². The van der Waals surface area contributed by atoms with E-state index in [4.69, 9.17) is 48.4 Å². The van der Waals surface area contributed by atoms with Crippen molar-refractivity contribution in [3.05, 3.63) is 444 Å². The number of aromatic nitrogens is 8. The van der Waals surface area contributed by atoms with Crippen molar-refractivity contribution in [3.8, 4) is 68.5 Å². The van der Waals surface area contributed by atoms with Crippen LogP contribution in [0.15, 0.2) is 349 Å². The number of aromatic hydroxyl groups is 1. The number of phenols is 1. The Balaban J connectivity index is 0.000000159. The fourth-order valence-electron chi connectivity index (χ4n) is 14.8. The number of phenolic OH excluding ortho intramolecular Hbond substituents is 1. The van der Waals surface area contributed by atoms with Crippen LogP contribution in [0.3, 0.4) is 0 Å². The second kappa shape index (κ2) is 50.6. The molecular weight excluding hydrogens is 1780 g/mol. The summed E-state index contributed by atoms with van der Waals surface area (Å²) in [6.07, 6.45) is 8.27. The van der Waals surface area contributed by atoms with Gasteiger partial charge in [-0.25, -0.2) is 19.9 Å². The summed E-state index contributed by atoms with van der Waals surface area (Å²) in [5, 5.41) is 10.5. The SMILES string of the molecule is COCCc1nc(-c2ccccc2O)n(CCc2ccccc2)c(=O)c1C=C(C)C.COCCc1nc(-c2ccccc2OCc2ccccc2)n(CCc2ccccc2)c(=O)c1Br.COCCc1nc(-c2ccccc2OCc2ccccc2)n(CCc2ccccc2)c(=O)c1C=C(C)C.Cc1nc(-c2ccccc2OCc2ccccc2)n(CCc2ccccc2)c(=O)c1Br. The van der Waals surface area contributed by atoms with Gasteiger partial charge in [0, 0.05) is 66.8 Å². The van der Waals surface area contributed by atoms with Crippen LogP contribution < -0.4 is 36.4 Å². The van der Waals surface area contributed by atoms with Gasteiger partial charge in [0.15, 0.2) is 0 Å². The van der Waals surface area contributed by atoms with Crippen molar-refractivity contribution in [3.63, 3.8) is 0 Å². The van der Waals surface area contributed by atoms with E-state index in [1.807, 2.05) is 302 Å². The zero-order valence-electron chi connectivity index (χ0n) is 76.0. The molecule has 0 saturated carbocycles. The van der Waals surface area contributed by atoms with Gasteiger partial charge in [0.2, 0.25) is 0 Å². The molecule has 0 aliphatic heterocycles. The molecule has 0 radical (unpaired) electrons. The van der Waals surface area contributed by atoms with Gasteiger partial charge in [-0.1, -0.05) is 272 Å². The van der Waals surface area contributed by atoms with Gasteiger partial charge < -0.3 is 33.5 Å². The number of nitrogens with zero attached hydrogens (tertiary/aromatic N) is 8. The topological polar surface area (TPSA) is 215 Å². The van der Waals surface area contributed by atoms with Crippen LogP contribution in [0.25, 0.3) is 57.7 Å². The number of ether oxygens (including phenoxy) is 6. The lowest BCUT2D eigenvalue weighted by Gasteiger charge is -2.19.